The van der Waals surface area contributed by atoms with Crippen LogP contribution in [0.15, 0.2) is 28.8 Å². The maximum Gasteiger partial charge on any atom is 0.227 e. The lowest BCUT2D eigenvalue weighted by molar-refractivity contribution is -0.132. The Labute approximate surface area is 143 Å². The molecule has 0 radical (unpaired) electrons. The fraction of sp³-hybridized carbons (Fsp3) is 0.526. The summed E-state index contributed by atoms with van der Waals surface area (Å²) < 4.78 is 5.30. The molecule has 1 aromatic carbocycles. The molecule has 5 heteroatoms. The molecule has 0 atom stereocenters. The van der Waals surface area contributed by atoms with E-state index in [0.717, 1.165) is 31.5 Å². The van der Waals surface area contributed by atoms with Gasteiger partial charge in [0.1, 0.15) is 0 Å². The standard InChI is InChI=1S/C19H25N3O2/c1-14(2)15-6-8-16(9-7-15)19-20-17(24-21-19)10-11-18(23)22-12-4-3-5-13-22/h6-9,14H,3-5,10-13H2,1-2H3. The smallest absolute Gasteiger partial charge is 0.227 e. The average Bonchev–Trinajstić information content (AvgIpc) is 3.09. The minimum Gasteiger partial charge on any atom is -0.343 e. The summed E-state index contributed by atoms with van der Waals surface area (Å²) in [5.74, 6) is 1.81. The first-order valence-electron chi connectivity index (χ1n) is 8.84. The molecule has 1 fully saturated rings. The summed E-state index contributed by atoms with van der Waals surface area (Å²) in [5.41, 5.74) is 2.23. The summed E-state index contributed by atoms with van der Waals surface area (Å²) in [7, 11) is 0. The molecule has 1 aromatic heterocycles. The van der Waals surface area contributed by atoms with Gasteiger partial charge < -0.3 is 9.42 Å². The van der Waals surface area contributed by atoms with Crippen LogP contribution in [0.2, 0.25) is 0 Å². The summed E-state index contributed by atoms with van der Waals surface area (Å²) >= 11 is 0. The number of hydrogen-bond acceptors (Lipinski definition) is 4. The number of carbonyl (C=O) groups is 1. The Morgan fingerprint density at radius 3 is 2.54 bits per heavy atom. The van der Waals surface area contributed by atoms with Crippen LogP contribution >= 0.6 is 0 Å². The number of nitrogens with zero attached hydrogens (tertiary/aromatic N) is 3. The van der Waals surface area contributed by atoms with Crippen LogP contribution in [-0.4, -0.2) is 34.0 Å². The number of aryl methyl sites for hydroxylation is 1. The van der Waals surface area contributed by atoms with Gasteiger partial charge in [-0.25, -0.2) is 0 Å². The molecule has 24 heavy (non-hydrogen) atoms. The van der Waals surface area contributed by atoms with Gasteiger partial charge in [0.25, 0.3) is 0 Å². The maximum atomic E-state index is 12.2. The van der Waals surface area contributed by atoms with Crippen molar-refractivity contribution in [2.75, 3.05) is 13.1 Å². The molecule has 1 aliphatic heterocycles. The molecule has 0 N–H and O–H groups in total. The van der Waals surface area contributed by atoms with E-state index in [1.165, 1.54) is 12.0 Å². The molecule has 2 aromatic rings. The number of amides is 1. The summed E-state index contributed by atoms with van der Waals surface area (Å²) in [6.45, 7) is 6.11. The summed E-state index contributed by atoms with van der Waals surface area (Å²) in [6, 6.07) is 8.22. The predicted molar refractivity (Wildman–Crippen MR) is 92.6 cm³/mol. The maximum absolute atomic E-state index is 12.2. The lowest BCUT2D eigenvalue weighted by atomic mass is 10.0. The highest BCUT2D eigenvalue weighted by Crippen LogP contribution is 2.21. The highest BCUT2D eigenvalue weighted by atomic mass is 16.5. The SMILES string of the molecule is CC(C)c1ccc(-c2noc(CCC(=O)N3CCCCC3)n2)cc1. The monoisotopic (exact) mass is 327 g/mol. The second kappa shape index (κ2) is 7.60. The average molecular weight is 327 g/mol. The number of hydrogen-bond donors (Lipinski definition) is 0. The van der Waals surface area contributed by atoms with E-state index in [0.29, 0.717) is 30.5 Å². The number of likely N-dealkylation sites (tertiary alicyclic amines) is 1. The first-order chi connectivity index (χ1) is 11.6. The fourth-order valence-electron chi connectivity index (χ4n) is 3.01. The Morgan fingerprint density at radius 2 is 1.88 bits per heavy atom. The van der Waals surface area contributed by atoms with Crippen LogP contribution in [0.3, 0.4) is 0 Å². The minimum atomic E-state index is 0.190. The zero-order valence-corrected chi connectivity index (χ0v) is 14.5. The van der Waals surface area contributed by atoms with Gasteiger partial charge in [-0.2, -0.15) is 4.98 Å². The number of aromatic nitrogens is 2. The minimum absolute atomic E-state index is 0.190. The predicted octanol–water partition coefficient (Wildman–Crippen LogP) is 3.81. The van der Waals surface area contributed by atoms with Crippen LogP contribution in [0.4, 0.5) is 0 Å². The van der Waals surface area contributed by atoms with Crippen LogP contribution in [-0.2, 0) is 11.2 Å². The van der Waals surface area contributed by atoms with E-state index in [-0.39, 0.29) is 5.91 Å². The van der Waals surface area contributed by atoms with Gasteiger partial charge in [-0.15, -0.1) is 0 Å². The van der Waals surface area contributed by atoms with Gasteiger partial charge in [-0.1, -0.05) is 43.3 Å². The van der Waals surface area contributed by atoms with Crippen LogP contribution < -0.4 is 0 Å². The van der Waals surface area contributed by atoms with E-state index in [1.807, 2.05) is 17.0 Å². The van der Waals surface area contributed by atoms with Crippen LogP contribution in [0.1, 0.15) is 56.9 Å². The molecule has 0 aliphatic carbocycles. The third-order valence-electron chi connectivity index (χ3n) is 4.57. The molecule has 0 saturated carbocycles. The highest BCUT2D eigenvalue weighted by Gasteiger charge is 2.17. The van der Waals surface area contributed by atoms with E-state index in [1.54, 1.807) is 0 Å². The lowest BCUT2D eigenvalue weighted by Gasteiger charge is -2.26. The molecule has 1 aliphatic rings. The van der Waals surface area contributed by atoms with Gasteiger partial charge >= 0.3 is 0 Å². The van der Waals surface area contributed by atoms with E-state index >= 15 is 0 Å². The molecule has 1 amide bonds. The second-order valence-corrected chi connectivity index (χ2v) is 6.73. The molecule has 3 rings (SSSR count). The zero-order valence-electron chi connectivity index (χ0n) is 14.5. The van der Waals surface area contributed by atoms with Gasteiger partial charge in [-0.3, -0.25) is 4.79 Å². The van der Waals surface area contributed by atoms with Crippen LogP contribution in [0.5, 0.6) is 0 Å². The van der Waals surface area contributed by atoms with Crippen molar-refractivity contribution in [2.45, 2.75) is 51.9 Å². The van der Waals surface area contributed by atoms with Crippen molar-refractivity contribution in [3.63, 3.8) is 0 Å². The molecule has 0 unspecified atom stereocenters. The number of benzene rings is 1. The Hall–Kier alpha value is -2.17. The number of piperidine rings is 1. The van der Waals surface area contributed by atoms with E-state index < -0.39 is 0 Å². The van der Waals surface area contributed by atoms with Crippen molar-refractivity contribution >= 4 is 5.91 Å². The van der Waals surface area contributed by atoms with Crippen LogP contribution in [0.25, 0.3) is 11.4 Å². The molecular formula is C19H25N3O2. The normalized spacial score (nSPS) is 15.0. The van der Waals surface area contributed by atoms with E-state index in [9.17, 15) is 4.79 Å². The molecule has 0 spiro atoms. The van der Waals surface area contributed by atoms with Gasteiger partial charge in [0.2, 0.25) is 17.6 Å². The van der Waals surface area contributed by atoms with Crippen molar-refractivity contribution in [3.05, 3.63) is 35.7 Å². The molecule has 128 valence electrons. The van der Waals surface area contributed by atoms with Crippen molar-refractivity contribution in [2.24, 2.45) is 0 Å². The third kappa shape index (κ3) is 4.02. The van der Waals surface area contributed by atoms with Crippen molar-refractivity contribution in [3.8, 4) is 11.4 Å². The van der Waals surface area contributed by atoms with Gasteiger partial charge in [0, 0.05) is 31.5 Å². The van der Waals surface area contributed by atoms with Gasteiger partial charge in [0.15, 0.2) is 0 Å². The largest absolute Gasteiger partial charge is 0.343 e. The van der Waals surface area contributed by atoms with Crippen molar-refractivity contribution < 1.29 is 9.32 Å². The third-order valence-corrected chi connectivity index (χ3v) is 4.57. The summed E-state index contributed by atoms with van der Waals surface area (Å²) in [6.07, 6.45) is 4.40. The lowest BCUT2D eigenvalue weighted by Crippen LogP contribution is -2.35. The molecule has 1 saturated heterocycles. The second-order valence-electron chi connectivity index (χ2n) is 6.73. The Morgan fingerprint density at radius 1 is 1.17 bits per heavy atom. The molecule has 2 heterocycles. The Bertz CT molecular complexity index is 670. The van der Waals surface area contributed by atoms with Gasteiger partial charge in [0.05, 0.1) is 0 Å². The Kier molecular flexibility index (Phi) is 5.28. The van der Waals surface area contributed by atoms with E-state index in [2.05, 4.69) is 36.1 Å². The van der Waals surface area contributed by atoms with Crippen LogP contribution in [0, 0.1) is 0 Å². The molecule has 0 bridgehead atoms. The summed E-state index contributed by atoms with van der Waals surface area (Å²) in [4.78, 5) is 18.6. The van der Waals surface area contributed by atoms with E-state index in [4.69, 9.17) is 4.52 Å². The van der Waals surface area contributed by atoms with Crippen molar-refractivity contribution in [1.82, 2.24) is 15.0 Å². The topological polar surface area (TPSA) is 59.2 Å². The first kappa shape index (κ1) is 16.7. The quantitative estimate of drug-likeness (QED) is 0.838. The van der Waals surface area contributed by atoms with Crippen molar-refractivity contribution in [1.29, 1.82) is 0 Å². The number of rotatable bonds is 5. The molecular weight excluding hydrogens is 302 g/mol. The number of carbonyl (C=O) groups excluding carboxylic acids is 1. The first-order valence-corrected chi connectivity index (χ1v) is 8.84. The fourth-order valence-corrected chi connectivity index (χ4v) is 3.01. The van der Waals surface area contributed by atoms with Gasteiger partial charge in [-0.05, 0) is 30.7 Å². The highest BCUT2D eigenvalue weighted by molar-refractivity contribution is 5.76. The summed E-state index contributed by atoms with van der Waals surface area (Å²) in [5, 5.41) is 4.04. The Balaban J connectivity index is 1.58. The molecule has 5 nitrogen and oxygen atoms in total. The zero-order chi connectivity index (χ0) is 16.9.